The maximum Gasteiger partial charge on any atom is 0.314 e. The van der Waals surface area contributed by atoms with E-state index in [0.717, 1.165) is 0 Å². The van der Waals surface area contributed by atoms with Crippen molar-refractivity contribution in [2.45, 2.75) is 12.5 Å². The molecule has 18 heavy (non-hydrogen) atoms. The van der Waals surface area contributed by atoms with Gasteiger partial charge in [-0.15, -0.1) is 12.4 Å². The van der Waals surface area contributed by atoms with Crippen LogP contribution in [0.1, 0.15) is 18.0 Å². The van der Waals surface area contributed by atoms with Crippen molar-refractivity contribution >= 4 is 18.1 Å². The van der Waals surface area contributed by atoms with Crippen LogP contribution in [0.3, 0.4) is 0 Å². The van der Waals surface area contributed by atoms with Crippen LogP contribution in [-0.4, -0.2) is 23.7 Å². The van der Waals surface area contributed by atoms with Gasteiger partial charge in [-0.3, -0.25) is 10.1 Å². The van der Waals surface area contributed by atoms with E-state index in [2.05, 4.69) is 0 Å². The molecule has 1 rings (SSSR count). The van der Waals surface area contributed by atoms with Crippen molar-refractivity contribution in [1.82, 2.24) is 0 Å². The average Bonchev–Trinajstić information content (AvgIpc) is 2.29. The molecule has 0 saturated carbocycles. The highest BCUT2D eigenvalue weighted by atomic mass is 35.5. The van der Waals surface area contributed by atoms with E-state index in [1.54, 1.807) is 0 Å². The highest BCUT2D eigenvalue weighted by Crippen LogP contribution is 2.38. The Morgan fingerprint density at radius 3 is 2.61 bits per heavy atom. The summed E-state index contributed by atoms with van der Waals surface area (Å²) in [6.07, 6.45) is 0.491. The second kappa shape index (κ2) is 7.00. The Hall–Kier alpha value is -1.57. The van der Waals surface area contributed by atoms with E-state index in [1.165, 1.54) is 19.2 Å². The summed E-state index contributed by atoms with van der Waals surface area (Å²) >= 11 is 0. The number of methoxy groups -OCH3 is 1. The van der Waals surface area contributed by atoms with Gasteiger partial charge in [0.15, 0.2) is 5.75 Å². The molecule has 5 N–H and O–H groups in total. The second-order valence-corrected chi connectivity index (χ2v) is 3.53. The first-order chi connectivity index (χ1) is 8.01. The molecule has 0 aliphatic heterocycles. The Kier molecular flexibility index (Phi) is 6.39. The second-order valence-electron chi connectivity index (χ2n) is 3.53. The lowest BCUT2D eigenvalue weighted by Gasteiger charge is -2.13. The van der Waals surface area contributed by atoms with Gasteiger partial charge in [0.05, 0.1) is 12.0 Å². The van der Waals surface area contributed by atoms with Crippen LogP contribution in [-0.2, 0) is 0 Å². The van der Waals surface area contributed by atoms with Crippen LogP contribution in [0.5, 0.6) is 11.5 Å². The molecule has 0 radical (unpaired) electrons. The summed E-state index contributed by atoms with van der Waals surface area (Å²) in [4.78, 5) is 10.1. The summed E-state index contributed by atoms with van der Waals surface area (Å²) in [6.45, 7) is 0.373. The molecule has 0 unspecified atom stereocenters. The largest absolute Gasteiger partial charge is 0.500 e. The van der Waals surface area contributed by atoms with Crippen molar-refractivity contribution in [3.63, 3.8) is 0 Å². The van der Waals surface area contributed by atoms with Crippen LogP contribution in [0.15, 0.2) is 12.1 Å². The number of hydrogen-bond donors (Lipinski definition) is 3. The first-order valence-corrected chi connectivity index (χ1v) is 5.02. The van der Waals surface area contributed by atoms with Gasteiger partial charge < -0.3 is 21.3 Å². The van der Waals surface area contributed by atoms with Gasteiger partial charge in [-0.2, -0.15) is 0 Å². The van der Waals surface area contributed by atoms with Crippen LogP contribution in [0.25, 0.3) is 0 Å². The van der Waals surface area contributed by atoms with Crippen molar-refractivity contribution in [2.24, 2.45) is 11.5 Å². The number of benzene rings is 1. The maximum absolute atomic E-state index is 10.7. The Bertz CT molecular complexity index is 428. The number of nitrogens with two attached hydrogens (primary N) is 2. The molecule has 1 aromatic rings. The van der Waals surface area contributed by atoms with E-state index in [1.807, 2.05) is 0 Å². The van der Waals surface area contributed by atoms with E-state index >= 15 is 0 Å². The number of nitrogens with zero attached hydrogens (tertiary/aromatic N) is 1. The van der Waals surface area contributed by atoms with Gasteiger partial charge in [0, 0.05) is 12.1 Å². The zero-order valence-corrected chi connectivity index (χ0v) is 10.6. The van der Waals surface area contributed by atoms with Gasteiger partial charge in [-0.05, 0) is 24.6 Å². The topological polar surface area (TPSA) is 125 Å². The van der Waals surface area contributed by atoms with Crippen molar-refractivity contribution in [3.8, 4) is 11.5 Å². The predicted molar refractivity (Wildman–Crippen MR) is 69.2 cm³/mol. The van der Waals surface area contributed by atoms with Crippen molar-refractivity contribution in [3.05, 3.63) is 27.8 Å². The summed E-state index contributed by atoms with van der Waals surface area (Å²) in [5, 5.41) is 20.3. The third kappa shape index (κ3) is 3.46. The molecule has 0 spiro atoms. The number of hydrogen-bond acceptors (Lipinski definition) is 6. The van der Waals surface area contributed by atoms with E-state index in [0.29, 0.717) is 18.5 Å². The first-order valence-electron chi connectivity index (χ1n) is 5.02. The Morgan fingerprint density at radius 1 is 1.56 bits per heavy atom. The summed E-state index contributed by atoms with van der Waals surface area (Å²) < 4.78 is 4.86. The molecule has 0 amide bonds. The minimum absolute atomic E-state index is 0. The number of aromatic hydroxyl groups is 1. The molecule has 0 fully saturated rings. The summed E-state index contributed by atoms with van der Waals surface area (Å²) in [5.41, 5.74) is 11.3. The Labute approximate surface area is 110 Å². The maximum atomic E-state index is 10.7. The number of halogens is 1. The normalized spacial score (nSPS) is 11.5. The van der Waals surface area contributed by atoms with Crippen LogP contribution in [0, 0.1) is 10.1 Å². The standard InChI is InChI=1S/C10H15N3O4.ClH/c1-17-9-5-6(7(12)2-3-11)4-8(10(9)14)13(15)16;/h4-5,7,14H,2-3,11-12H2,1H3;1H/t7-;/m0./s1. The number of nitro benzene ring substituents is 1. The molecule has 7 nitrogen and oxygen atoms in total. The fraction of sp³-hybridized carbons (Fsp3) is 0.400. The minimum atomic E-state index is -0.684. The van der Waals surface area contributed by atoms with E-state index < -0.39 is 22.4 Å². The smallest absolute Gasteiger partial charge is 0.314 e. The van der Waals surface area contributed by atoms with E-state index in [-0.39, 0.29) is 18.2 Å². The SMILES string of the molecule is COc1cc([C@@H](N)CCN)cc([N+](=O)[O-])c1O.Cl. The molecule has 0 bridgehead atoms. The highest BCUT2D eigenvalue weighted by Gasteiger charge is 2.21. The summed E-state index contributed by atoms with van der Waals surface area (Å²) in [5.74, 6) is -0.470. The molecular formula is C10H16ClN3O4. The Balaban J connectivity index is 0.00000289. The minimum Gasteiger partial charge on any atom is -0.500 e. The number of ether oxygens (including phenoxy) is 1. The van der Waals surface area contributed by atoms with Crippen LogP contribution < -0.4 is 16.2 Å². The lowest BCUT2D eigenvalue weighted by atomic mass is 10.0. The van der Waals surface area contributed by atoms with E-state index in [9.17, 15) is 15.2 Å². The molecule has 102 valence electrons. The monoisotopic (exact) mass is 277 g/mol. The molecule has 0 aliphatic rings. The molecule has 1 atom stereocenters. The van der Waals surface area contributed by atoms with E-state index in [4.69, 9.17) is 16.2 Å². The molecular weight excluding hydrogens is 262 g/mol. The number of phenolic OH excluding ortho intramolecular Hbond substituents is 1. The van der Waals surface area contributed by atoms with Crippen LogP contribution in [0.4, 0.5) is 5.69 Å². The lowest BCUT2D eigenvalue weighted by Crippen LogP contribution is -2.15. The molecule has 0 aliphatic carbocycles. The number of rotatable bonds is 5. The van der Waals surface area contributed by atoms with Crippen molar-refractivity contribution < 1.29 is 14.8 Å². The molecule has 0 saturated heterocycles. The predicted octanol–water partition coefficient (Wildman–Crippen LogP) is 1.08. The first kappa shape index (κ1) is 16.4. The van der Waals surface area contributed by atoms with Gasteiger partial charge in [0.25, 0.3) is 0 Å². The quantitative estimate of drug-likeness (QED) is 0.546. The lowest BCUT2D eigenvalue weighted by molar-refractivity contribution is -0.386. The van der Waals surface area contributed by atoms with Gasteiger partial charge in [0.1, 0.15) is 0 Å². The Morgan fingerprint density at radius 2 is 2.17 bits per heavy atom. The average molecular weight is 278 g/mol. The van der Waals surface area contributed by atoms with Gasteiger partial charge in [-0.25, -0.2) is 0 Å². The summed E-state index contributed by atoms with van der Waals surface area (Å²) in [6, 6.07) is 2.29. The fourth-order valence-electron chi connectivity index (χ4n) is 1.47. The third-order valence-electron chi connectivity index (χ3n) is 2.40. The van der Waals surface area contributed by atoms with Gasteiger partial charge in [-0.1, -0.05) is 0 Å². The molecule has 8 heteroatoms. The van der Waals surface area contributed by atoms with Gasteiger partial charge in [0.2, 0.25) is 5.75 Å². The molecule has 0 heterocycles. The highest BCUT2D eigenvalue weighted by molar-refractivity contribution is 5.85. The molecule has 0 aromatic heterocycles. The zero-order chi connectivity index (χ0) is 13.0. The fourth-order valence-corrected chi connectivity index (χ4v) is 1.47. The third-order valence-corrected chi connectivity index (χ3v) is 2.40. The van der Waals surface area contributed by atoms with Crippen molar-refractivity contribution in [1.29, 1.82) is 0 Å². The molecule has 1 aromatic carbocycles. The zero-order valence-electron chi connectivity index (χ0n) is 9.83. The number of phenols is 1. The summed E-state index contributed by atoms with van der Waals surface area (Å²) in [7, 11) is 1.32. The number of nitro groups is 1. The van der Waals surface area contributed by atoms with Crippen LogP contribution >= 0.6 is 12.4 Å². The van der Waals surface area contributed by atoms with Crippen molar-refractivity contribution in [2.75, 3.05) is 13.7 Å². The van der Waals surface area contributed by atoms with Gasteiger partial charge >= 0.3 is 5.69 Å². The van der Waals surface area contributed by atoms with Crippen LogP contribution in [0.2, 0.25) is 0 Å².